The molecule has 2 N–H and O–H groups in total. The highest BCUT2D eigenvalue weighted by Crippen LogP contribution is 2.18. The Morgan fingerprint density at radius 1 is 1.47 bits per heavy atom. The molecular weight excluding hydrogens is 242 g/mol. The minimum absolute atomic E-state index is 0.0304. The quantitative estimate of drug-likeness (QED) is 0.788. The van der Waals surface area contributed by atoms with E-state index in [0.717, 1.165) is 18.5 Å². The summed E-state index contributed by atoms with van der Waals surface area (Å²) >= 11 is 0. The van der Waals surface area contributed by atoms with E-state index < -0.39 is 0 Å². The van der Waals surface area contributed by atoms with Crippen molar-refractivity contribution in [3.8, 4) is 0 Å². The van der Waals surface area contributed by atoms with Crippen molar-refractivity contribution in [1.82, 2.24) is 9.88 Å². The first-order chi connectivity index (χ1) is 9.19. The molecule has 0 atom stereocenters. The van der Waals surface area contributed by atoms with Crippen LogP contribution in [0.25, 0.3) is 0 Å². The number of rotatable bonds is 7. The minimum atomic E-state index is -0.0831. The largest absolute Gasteiger partial charge is 0.395 e. The smallest absolute Gasteiger partial charge is 0.257 e. The molecule has 0 unspecified atom stereocenters. The number of carbonyl (C=O) groups excluding carboxylic acids is 1. The van der Waals surface area contributed by atoms with Crippen LogP contribution in [0.1, 0.15) is 37.0 Å². The average molecular weight is 265 g/mol. The first kappa shape index (κ1) is 15.4. The molecule has 0 aliphatic rings. The Labute approximate surface area is 114 Å². The van der Waals surface area contributed by atoms with Gasteiger partial charge in [0.05, 0.1) is 12.2 Å². The van der Waals surface area contributed by atoms with E-state index in [1.54, 1.807) is 30.4 Å². The molecule has 1 aromatic rings. The predicted molar refractivity (Wildman–Crippen MR) is 76.3 cm³/mol. The molecule has 1 rings (SSSR count). The first-order valence-corrected chi connectivity index (χ1v) is 6.73. The van der Waals surface area contributed by atoms with Gasteiger partial charge in [-0.1, -0.05) is 13.8 Å². The van der Waals surface area contributed by atoms with Crippen molar-refractivity contribution >= 4 is 11.6 Å². The predicted octanol–water partition coefficient (Wildman–Crippen LogP) is 1.75. The van der Waals surface area contributed by atoms with Crippen molar-refractivity contribution < 1.29 is 9.90 Å². The van der Waals surface area contributed by atoms with Gasteiger partial charge in [-0.25, -0.2) is 0 Å². The number of amides is 1. The number of pyridine rings is 1. The summed E-state index contributed by atoms with van der Waals surface area (Å²) in [4.78, 5) is 18.4. The minimum Gasteiger partial charge on any atom is -0.395 e. The Morgan fingerprint density at radius 3 is 2.68 bits per heavy atom. The number of hydrogen-bond acceptors (Lipinski definition) is 4. The fourth-order valence-corrected chi connectivity index (χ4v) is 2.22. The number of aliphatic hydroxyl groups is 1. The van der Waals surface area contributed by atoms with Gasteiger partial charge in [0.2, 0.25) is 0 Å². The fraction of sp³-hybridized carbons (Fsp3) is 0.571. The number of anilines is 1. The maximum atomic E-state index is 12.6. The van der Waals surface area contributed by atoms with E-state index in [4.69, 9.17) is 0 Å². The van der Waals surface area contributed by atoms with Crippen molar-refractivity contribution in [3.05, 3.63) is 24.0 Å². The van der Waals surface area contributed by atoms with Crippen LogP contribution in [-0.2, 0) is 0 Å². The summed E-state index contributed by atoms with van der Waals surface area (Å²) in [5, 5.41) is 12.2. The van der Waals surface area contributed by atoms with Gasteiger partial charge in [0.1, 0.15) is 0 Å². The van der Waals surface area contributed by atoms with Crippen molar-refractivity contribution in [2.45, 2.75) is 32.7 Å². The zero-order valence-corrected chi connectivity index (χ0v) is 11.9. The molecule has 0 aliphatic heterocycles. The lowest BCUT2D eigenvalue weighted by Gasteiger charge is -2.30. The van der Waals surface area contributed by atoms with Crippen LogP contribution in [-0.4, -0.2) is 47.1 Å². The molecule has 1 amide bonds. The van der Waals surface area contributed by atoms with Crippen LogP contribution in [0.2, 0.25) is 0 Å². The summed E-state index contributed by atoms with van der Waals surface area (Å²) in [5.74, 6) is -0.0831. The maximum absolute atomic E-state index is 12.6. The van der Waals surface area contributed by atoms with Gasteiger partial charge in [0, 0.05) is 37.7 Å². The molecule has 1 aromatic heterocycles. The number of carbonyl (C=O) groups is 1. The van der Waals surface area contributed by atoms with Crippen LogP contribution in [0.4, 0.5) is 5.69 Å². The van der Waals surface area contributed by atoms with Gasteiger partial charge < -0.3 is 15.3 Å². The van der Waals surface area contributed by atoms with Gasteiger partial charge in [0.15, 0.2) is 0 Å². The van der Waals surface area contributed by atoms with Gasteiger partial charge in [-0.15, -0.1) is 0 Å². The average Bonchev–Trinajstić information content (AvgIpc) is 2.46. The summed E-state index contributed by atoms with van der Waals surface area (Å²) in [7, 11) is 1.78. The summed E-state index contributed by atoms with van der Waals surface area (Å²) in [6.07, 6.45) is 4.96. The van der Waals surface area contributed by atoms with Crippen LogP contribution < -0.4 is 5.32 Å². The molecule has 0 bridgehead atoms. The zero-order valence-electron chi connectivity index (χ0n) is 11.9. The summed E-state index contributed by atoms with van der Waals surface area (Å²) in [5.41, 5.74) is 1.30. The lowest BCUT2D eigenvalue weighted by atomic mass is 10.1. The van der Waals surface area contributed by atoms with E-state index >= 15 is 0 Å². The van der Waals surface area contributed by atoms with Crippen LogP contribution in [0.3, 0.4) is 0 Å². The Morgan fingerprint density at radius 2 is 2.16 bits per heavy atom. The molecule has 0 saturated carbocycles. The molecule has 0 spiro atoms. The van der Waals surface area contributed by atoms with E-state index in [-0.39, 0.29) is 18.6 Å². The number of nitrogens with zero attached hydrogens (tertiary/aromatic N) is 2. The van der Waals surface area contributed by atoms with Crippen molar-refractivity contribution in [3.63, 3.8) is 0 Å². The highest BCUT2D eigenvalue weighted by Gasteiger charge is 2.23. The Kier molecular flexibility index (Phi) is 6.29. The van der Waals surface area contributed by atoms with Gasteiger partial charge >= 0.3 is 0 Å². The van der Waals surface area contributed by atoms with E-state index in [9.17, 15) is 9.90 Å². The van der Waals surface area contributed by atoms with E-state index in [1.807, 2.05) is 13.8 Å². The van der Waals surface area contributed by atoms with Crippen molar-refractivity contribution in [1.29, 1.82) is 0 Å². The maximum Gasteiger partial charge on any atom is 0.257 e. The van der Waals surface area contributed by atoms with Gasteiger partial charge in [-0.2, -0.15) is 0 Å². The molecule has 0 fully saturated rings. The molecule has 0 radical (unpaired) electrons. The second-order valence-corrected chi connectivity index (χ2v) is 4.36. The molecule has 0 aromatic carbocycles. The zero-order chi connectivity index (χ0) is 14.3. The molecule has 1 heterocycles. The third-order valence-electron chi connectivity index (χ3n) is 3.31. The summed E-state index contributed by atoms with van der Waals surface area (Å²) < 4.78 is 0. The van der Waals surface area contributed by atoms with E-state index in [0.29, 0.717) is 12.1 Å². The third-order valence-corrected chi connectivity index (χ3v) is 3.31. The molecule has 106 valence electrons. The number of aliphatic hydroxyl groups excluding tert-OH is 1. The summed E-state index contributed by atoms with van der Waals surface area (Å²) in [6.45, 7) is 4.42. The summed E-state index contributed by atoms with van der Waals surface area (Å²) in [6, 6.07) is 1.92. The molecular formula is C14H23N3O2. The third kappa shape index (κ3) is 3.67. The van der Waals surface area contributed by atoms with Crippen LogP contribution >= 0.6 is 0 Å². The van der Waals surface area contributed by atoms with Crippen molar-refractivity contribution in [2.75, 3.05) is 25.5 Å². The first-order valence-electron chi connectivity index (χ1n) is 6.73. The fourth-order valence-electron chi connectivity index (χ4n) is 2.22. The lowest BCUT2D eigenvalue weighted by Crippen LogP contribution is -2.41. The highest BCUT2D eigenvalue weighted by atomic mass is 16.3. The number of aromatic nitrogens is 1. The normalized spacial score (nSPS) is 10.6. The van der Waals surface area contributed by atoms with Crippen molar-refractivity contribution in [2.24, 2.45) is 0 Å². The van der Waals surface area contributed by atoms with Gasteiger partial charge in [0.25, 0.3) is 5.91 Å². The molecule has 5 nitrogen and oxygen atoms in total. The lowest BCUT2D eigenvalue weighted by molar-refractivity contribution is 0.0623. The standard InChI is InChI=1S/C14H23N3O2/c1-4-11(5-2)17(8-9-18)14(19)12-10-16-7-6-13(12)15-3/h6-7,10-11,18H,4-5,8-9H2,1-3H3,(H,15,16). The Hall–Kier alpha value is -1.62. The highest BCUT2D eigenvalue weighted by molar-refractivity contribution is 5.99. The molecule has 19 heavy (non-hydrogen) atoms. The number of hydrogen-bond donors (Lipinski definition) is 2. The van der Waals surface area contributed by atoms with E-state index in [2.05, 4.69) is 10.3 Å². The monoisotopic (exact) mass is 265 g/mol. The number of nitrogens with one attached hydrogen (secondary N) is 1. The molecule has 0 saturated heterocycles. The Balaban J connectivity index is 3.04. The van der Waals surface area contributed by atoms with Crippen LogP contribution in [0.15, 0.2) is 18.5 Å². The van der Waals surface area contributed by atoms with Gasteiger partial charge in [-0.3, -0.25) is 9.78 Å². The SMILES string of the molecule is CCC(CC)N(CCO)C(=O)c1cnccc1NC. The molecule has 0 aliphatic carbocycles. The molecule has 5 heteroatoms. The second-order valence-electron chi connectivity index (χ2n) is 4.36. The van der Waals surface area contributed by atoms with Crippen LogP contribution in [0, 0.1) is 0 Å². The van der Waals surface area contributed by atoms with Crippen LogP contribution in [0.5, 0.6) is 0 Å². The Bertz CT molecular complexity index is 405. The second kappa shape index (κ2) is 7.74. The van der Waals surface area contributed by atoms with Gasteiger partial charge in [-0.05, 0) is 18.9 Å². The topological polar surface area (TPSA) is 65.5 Å². The van der Waals surface area contributed by atoms with E-state index in [1.165, 1.54) is 0 Å².